The lowest BCUT2D eigenvalue weighted by Gasteiger charge is -2.24. The fourth-order valence-electron chi connectivity index (χ4n) is 2.32. The minimum atomic E-state index is 0.628. The fourth-order valence-corrected chi connectivity index (χ4v) is 2.32. The van der Waals surface area contributed by atoms with Crippen LogP contribution in [-0.4, -0.2) is 18.0 Å². The van der Waals surface area contributed by atoms with Gasteiger partial charge in [-0.2, -0.15) is 0 Å². The maximum Gasteiger partial charge on any atom is 0.0278 e. The predicted molar refractivity (Wildman–Crippen MR) is 69.3 cm³/mol. The van der Waals surface area contributed by atoms with E-state index < -0.39 is 0 Å². The van der Waals surface area contributed by atoms with Crippen LogP contribution in [-0.2, 0) is 6.54 Å². The Morgan fingerprint density at radius 3 is 2.81 bits per heavy atom. The number of nitrogens with zero attached hydrogens (tertiary/aromatic N) is 1. The zero-order chi connectivity index (χ0) is 11.2. The highest BCUT2D eigenvalue weighted by molar-refractivity contribution is 5.14. The van der Waals surface area contributed by atoms with E-state index in [4.69, 9.17) is 0 Å². The quantitative estimate of drug-likeness (QED) is 0.696. The van der Waals surface area contributed by atoms with Crippen molar-refractivity contribution in [2.75, 3.05) is 7.05 Å². The van der Waals surface area contributed by atoms with Gasteiger partial charge in [-0.15, -0.1) is 0 Å². The van der Waals surface area contributed by atoms with Crippen molar-refractivity contribution in [3.63, 3.8) is 0 Å². The molecule has 0 radical (unpaired) electrons. The minimum absolute atomic E-state index is 0.628. The van der Waals surface area contributed by atoms with Gasteiger partial charge in [-0.25, -0.2) is 0 Å². The van der Waals surface area contributed by atoms with Gasteiger partial charge in [-0.05, 0) is 31.9 Å². The summed E-state index contributed by atoms with van der Waals surface area (Å²) in [6, 6.07) is 11.4. The smallest absolute Gasteiger partial charge is 0.0278 e. The van der Waals surface area contributed by atoms with Crippen LogP contribution in [0, 0.1) is 0 Å². The first-order valence-corrected chi connectivity index (χ1v) is 6.27. The minimum Gasteiger partial charge on any atom is -0.296 e. The Kier molecular flexibility index (Phi) is 4.17. The van der Waals surface area contributed by atoms with Crippen LogP contribution in [0.15, 0.2) is 42.5 Å². The number of rotatable bonds is 3. The first-order chi connectivity index (χ1) is 7.86. The summed E-state index contributed by atoms with van der Waals surface area (Å²) in [6.07, 6.45) is 10.0. The van der Waals surface area contributed by atoms with Crippen LogP contribution in [0.4, 0.5) is 0 Å². The highest BCUT2D eigenvalue weighted by atomic mass is 15.1. The zero-order valence-corrected chi connectivity index (χ0v) is 10.1. The first kappa shape index (κ1) is 11.4. The number of likely N-dealkylation sites (N-methyl/N-ethyl adjacent to an activating group) is 1. The molecule has 1 atom stereocenters. The summed E-state index contributed by atoms with van der Waals surface area (Å²) in [7, 11) is 2.23. The van der Waals surface area contributed by atoms with Gasteiger partial charge in [0.15, 0.2) is 0 Å². The summed E-state index contributed by atoms with van der Waals surface area (Å²) in [6.45, 7) is 1.05. The van der Waals surface area contributed by atoms with Crippen LogP contribution in [0.3, 0.4) is 0 Å². The second-order valence-corrected chi connectivity index (χ2v) is 4.68. The number of benzene rings is 1. The van der Waals surface area contributed by atoms with Crippen molar-refractivity contribution in [1.29, 1.82) is 0 Å². The van der Waals surface area contributed by atoms with E-state index in [1.165, 1.54) is 31.2 Å². The molecule has 0 spiro atoms. The molecule has 0 aromatic heterocycles. The van der Waals surface area contributed by atoms with E-state index in [0.717, 1.165) is 6.54 Å². The van der Waals surface area contributed by atoms with Crippen molar-refractivity contribution in [3.8, 4) is 0 Å². The molecule has 1 aromatic rings. The summed E-state index contributed by atoms with van der Waals surface area (Å²) in [5, 5.41) is 0. The van der Waals surface area contributed by atoms with Crippen LogP contribution in [0.25, 0.3) is 0 Å². The monoisotopic (exact) mass is 215 g/mol. The number of allylic oxidation sites excluding steroid dienone is 1. The molecule has 1 heteroatoms. The van der Waals surface area contributed by atoms with Crippen molar-refractivity contribution in [1.82, 2.24) is 4.90 Å². The van der Waals surface area contributed by atoms with Crippen LogP contribution in [0.1, 0.15) is 31.2 Å². The molecule has 0 bridgehead atoms. The van der Waals surface area contributed by atoms with Gasteiger partial charge in [0, 0.05) is 12.6 Å². The Balaban J connectivity index is 1.94. The Bertz CT molecular complexity index is 329. The van der Waals surface area contributed by atoms with E-state index in [1.807, 2.05) is 0 Å². The van der Waals surface area contributed by atoms with Gasteiger partial charge < -0.3 is 0 Å². The number of hydrogen-bond acceptors (Lipinski definition) is 1. The third-order valence-electron chi connectivity index (χ3n) is 3.32. The van der Waals surface area contributed by atoms with Crippen molar-refractivity contribution < 1.29 is 0 Å². The second-order valence-electron chi connectivity index (χ2n) is 4.68. The van der Waals surface area contributed by atoms with Crippen LogP contribution in [0.2, 0.25) is 0 Å². The molecule has 0 fully saturated rings. The molecule has 0 N–H and O–H groups in total. The van der Waals surface area contributed by atoms with E-state index in [1.54, 1.807) is 0 Å². The molecule has 0 saturated heterocycles. The normalized spacial score (nSPS) is 21.0. The summed E-state index contributed by atoms with van der Waals surface area (Å²) in [5.41, 5.74) is 1.41. The molecule has 1 nitrogen and oxygen atoms in total. The molecular weight excluding hydrogens is 194 g/mol. The van der Waals surface area contributed by atoms with Crippen molar-refractivity contribution >= 4 is 0 Å². The average Bonchev–Trinajstić information content (AvgIpc) is 2.59. The van der Waals surface area contributed by atoms with E-state index in [9.17, 15) is 0 Å². The lowest BCUT2D eigenvalue weighted by molar-refractivity contribution is 0.260. The Morgan fingerprint density at radius 1 is 1.19 bits per heavy atom. The van der Waals surface area contributed by atoms with E-state index in [2.05, 4.69) is 54.4 Å². The maximum absolute atomic E-state index is 2.46. The molecule has 1 aromatic carbocycles. The molecule has 1 aliphatic carbocycles. The molecule has 0 heterocycles. The summed E-state index contributed by atoms with van der Waals surface area (Å²) < 4.78 is 0. The molecule has 0 amide bonds. The van der Waals surface area contributed by atoms with Gasteiger partial charge in [0.1, 0.15) is 0 Å². The van der Waals surface area contributed by atoms with Gasteiger partial charge in [-0.1, -0.05) is 48.9 Å². The Morgan fingerprint density at radius 2 is 2.00 bits per heavy atom. The molecule has 0 saturated carbocycles. The average molecular weight is 215 g/mol. The van der Waals surface area contributed by atoms with Gasteiger partial charge in [0.2, 0.25) is 0 Å². The van der Waals surface area contributed by atoms with Crippen LogP contribution < -0.4 is 0 Å². The maximum atomic E-state index is 2.46. The Hall–Kier alpha value is -1.08. The highest BCUT2D eigenvalue weighted by Crippen LogP contribution is 2.17. The first-order valence-electron chi connectivity index (χ1n) is 6.27. The van der Waals surface area contributed by atoms with Crippen molar-refractivity contribution in [2.45, 2.75) is 38.3 Å². The summed E-state index contributed by atoms with van der Waals surface area (Å²) >= 11 is 0. The van der Waals surface area contributed by atoms with Gasteiger partial charge in [0.25, 0.3) is 0 Å². The van der Waals surface area contributed by atoms with E-state index >= 15 is 0 Å². The largest absolute Gasteiger partial charge is 0.296 e. The van der Waals surface area contributed by atoms with E-state index in [0.29, 0.717) is 6.04 Å². The fraction of sp³-hybridized carbons (Fsp3) is 0.467. The second kappa shape index (κ2) is 5.86. The summed E-state index contributed by atoms with van der Waals surface area (Å²) in [5.74, 6) is 0. The molecule has 2 rings (SSSR count). The molecule has 0 aliphatic heterocycles. The van der Waals surface area contributed by atoms with E-state index in [-0.39, 0.29) is 0 Å². The third-order valence-corrected chi connectivity index (χ3v) is 3.32. The number of hydrogen-bond donors (Lipinski definition) is 0. The standard InChI is InChI=1S/C15H21N/c1-16(13-14-9-5-4-6-10-14)15-11-7-2-3-8-12-15/h4-7,9-11,15H,2-3,8,12-13H2,1H3. The van der Waals surface area contributed by atoms with Gasteiger partial charge in [0.05, 0.1) is 0 Å². The van der Waals surface area contributed by atoms with Crippen molar-refractivity contribution in [2.24, 2.45) is 0 Å². The van der Waals surface area contributed by atoms with Crippen molar-refractivity contribution in [3.05, 3.63) is 48.0 Å². The highest BCUT2D eigenvalue weighted by Gasteiger charge is 2.12. The molecular formula is C15H21N. The SMILES string of the molecule is CN(Cc1ccccc1)C1C=CCCCC1. The molecule has 1 unspecified atom stereocenters. The van der Waals surface area contributed by atoms with Gasteiger partial charge in [-0.3, -0.25) is 4.90 Å². The third kappa shape index (κ3) is 3.21. The van der Waals surface area contributed by atoms with Gasteiger partial charge >= 0.3 is 0 Å². The molecule has 16 heavy (non-hydrogen) atoms. The van der Waals surface area contributed by atoms with Crippen LogP contribution in [0.5, 0.6) is 0 Å². The molecule has 1 aliphatic rings. The molecule has 86 valence electrons. The Labute approximate surface area is 98.8 Å². The van der Waals surface area contributed by atoms with Crippen LogP contribution >= 0.6 is 0 Å². The predicted octanol–water partition coefficient (Wildman–Crippen LogP) is 3.62. The summed E-state index contributed by atoms with van der Waals surface area (Å²) in [4.78, 5) is 2.46. The lowest BCUT2D eigenvalue weighted by Crippen LogP contribution is -2.29. The lowest BCUT2D eigenvalue weighted by atomic mass is 10.1. The zero-order valence-electron chi connectivity index (χ0n) is 10.1. The topological polar surface area (TPSA) is 3.24 Å².